The molecule has 0 bridgehead atoms. The molecule has 2 aromatic heterocycles. The first-order valence-electron chi connectivity index (χ1n) is 13.5. The minimum atomic E-state index is -0.183. The molecule has 1 amide bonds. The second-order valence-corrected chi connectivity index (χ2v) is 9.82. The summed E-state index contributed by atoms with van der Waals surface area (Å²) in [6.07, 6.45) is 4.10. The van der Waals surface area contributed by atoms with Gasteiger partial charge in [0.05, 0.1) is 12.8 Å². The molecule has 1 N–H and O–H groups in total. The molecular formula is C35H30N2O3. The van der Waals surface area contributed by atoms with Crippen LogP contribution in [0, 0.1) is 0 Å². The molecule has 0 fully saturated rings. The van der Waals surface area contributed by atoms with Crippen molar-refractivity contribution < 1.29 is 13.9 Å². The first-order chi connectivity index (χ1) is 19.7. The van der Waals surface area contributed by atoms with Gasteiger partial charge in [-0.05, 0) is 59.2 Å². The zero-order chi connectivity index (χ0) is 27.1. The van der Waals surface area contributed by atoms with Gasteiger partial charge in [0.15, 0.2) is 0 Å². The zero-order valence-corrected chi connectivity index (χ0v) is 22.1. The van der Waals surface area contributed by atoms with Crippen LogP contribution in [0.15, 0.2) is 138 Å². The molecule has 40 heavy (non-hydrogen) atoms. The average molecular weight is 527 g/mol. The number of nitrogens with zero attached hydrogens (tertiary/aromatic N) is 1. The Hall–Kier alpha value is -5.03. The number of carbonyl (C=O) groups excluding carboxylic acids is 1. The minimum Gasteiger partial charge on any atom is -0.467 e. The first kappa shape index (κ1) is 25.3. The van der Waals surface area contributed by atoms with E-state index in [4.69, 9.17) is 9.15 Å². The largest absolute Gasteiger partial charge is 0.467 e. The van der Waals surface area contributed by atoms with Gasteiger partial charge >= 0.3 is 0 Å². The lowest BCUT2D eigenvalue weighted by atomic mass is 9.88. The van der Waals surface area contributed by atoms with E-state index in [1.165, 1.54) is 5.56 Å². The Bertz CT molecular complexity index is 1690. The number of hydrogen-bond donors (Lipinski definition) is 1. The monoisotopic (exact) mass is 526 g/mol. The third-order valence-corrected chi connectivity index (χ3v) is 7.06. The fourth-order valence-corrected chi connectivity index (χ4v) is 5.15. The number of hydrogen-bond acceptors (Lipinski definition) is 3. The van der Waals surface area contributed by atoms with Crippen molar-refractivity contribution in [3.63, 3.8) is 0 Å². The van der Waals surface area contributed by atoms with Crippen LogP contribution >= 0.6 is 0 Å². The highest BCUT2D eigenvalue weighted by Crippen LogP contribution is 2.37. The van der Waals surface area contributed by atoms with Crippen LogP contribution in [-0.4, -0.2) is 10.5 Å². The van der Waals surface area contributed by atoms with E-state index >= 15 is 0 Å². The summed E-state index contributed by atoms with van der Waals surface area (Å²) >= 11 is 0. The number of amides is 1. The highest BCUT2D eigenvalue weighted by Gasteiger charge is 2.23. The predicted octanol–water partition coefficient (Wildman–Crippen LogP) is 7.91. The van der Waals surface area contributed by atoms with E-state index in [2.05, 4.69) is 70.7 Å². The topological polar surface area (TPSA) is 56.4 Å². The summed E-state index contributed by atoms with van der Waals surface area (Å²) in [4.78, 5) is 13.3. The van der Waals surface area contributed by atoms with Crippen molar-refractivity contribution in [1.29, 1.82) is 0 Å². The van der Waals surface area contributed by atoms with Gasteiger partial charge in [-0.15, -0.1) is 0 Å². The van der Waals surface area contributed by atoms with Crippen LogP contribution in [0.5, 0.6) is 11.5 Å². The van der Waals surface area contributed by atoms with Crippen molar-refractivity contribution >= 4 is 16.8 Å². The van der Waals surface area contributed by atoms with Crippen LogP contribution in [-0.2, 0) is 17.9 Å². The zero-order valence-electron chi connectivity index (χ0n) is 22.1. The Morgan fingerprint density at radius 2 is 1.55 bits per heavy atom. The van der Waals surface area contributed by atoms with Crippen LogP contribution < -0.4 is 10.1 Å². The lowest BCUT2D eigenvalue weighted by molar-refractivity contribution is -0.121. The number of furan rings is 1. The lowest BCUT2D eigenvalue weighted by Gasteiger charge is -2.18. The van der Waals surface area contributed by atoms with Crippen molar-refractivity contribution in [3.05, 3.63) is 156 Å². The van der Waals surface area contributed by atoms with E-state index in [9.17, 15) is 4.79 Å². The fourth-order valence-electron chi connectivity index (χ4n) is 5.15. The van der Waals surface area contributed by atoms with Crippen molar-refractivity contribution in [2.24, 2.45) is 0 Å². The molecule has 0 saturated carbocycles. The second kappa shape index (κ2) is 11.8. The molecule has 1 atom stereocenters. The summed E-state index contributed by atoms with van der Waals surface area (Å²) in [6.45, 7) is 1.10. The van der Waals surface area contributed by atoms with E-state index in [0.29, 0.717) is 6.54 Å². The Labute approximate surface area is 233 Å². The molecule has 0 spiro atoms. The molecule has 5 heteroatoms. The number of para-hydroxylation sites is 2. The quantitative estimate of drug-likeness (QED) is 0.197. The van der Waals surface area contributed by atoms with Gasteiger partial charge in [-0.25, -0.2) is 0 Å². The van der Waals surface area contributed by atoms with E-state index < -0.39 is 0 Å². The number of aromatic nitrogens is 1. The number of rotatable bonds is 10. The van der Waals surface area contributed by atoms with Gasteiger partial charge in [0.2, 0.25) is 5.91 Å². The fraction of sp³-hybridized carbons (Fsp3) is 0.114. The highest BCUT2D eigenvalue weighted by atomic mass is 16.5. The third kappa shape index (κ3) is 5.84. The molecular weight excluding hydrogens is 496 g/mol. The maximum Gasteiger partial charge on any atom is 0.221 e. The Balaban J connectivity index is 1.37. The van der Waals surface area contributed by atoms with E-state index in [1.807, 2.05) is 66.7 Å². The van der Waals surface area contributed by atoms with Gasteiger partial charge in [0.25, 0.3) is 0 Å². The molecule has 2 heterocycles. The van der Waals surface area contributed by atoms with Gasteiger partial charge < -0.3 is 19.0 Å². The van der Waals surface area contributed by atoms with Crippen molar-refractivity contribution in [1.82, 2.24) is 9.88 Å². The molecule has 0 aliphatic rings. The van der Waals surface area contributed by atoms with Crippen LogP contribution in [0.2, 0.25) is 0 Å². The van der Waals surface area contributed by atoms with Crippen LogP contribution in [0.4, 0.5) is 0 Å². The summed E-state index contributed by atoms with van der Waals surface area (Å²) in [5.74, 6) is 2.00. The van der Waals surface area contributed by atoms with E-state index in [-0.39, 0.29) is 18.2 Å². The predicted molar refractivity (Wildman–Crippen MR) is 157 cm³/mol. The van der Waals surface area contributed by atoms with Gasteiger partial charge in [0, 0.05) is 36.0 Å². The summed E-state index contributed by atoms with van der Waals surface area (Å²) in [5, 5.41) is 4.17. The normalized spacial score (nSPS) is 11.8. The molecule has 0 unspecified atom stereocenters. The van der Waals surface area contributed by atoms with Crippen LogP contribution in [0.25, 0.3) is 10.9 Å². The highest BCUT2D eigenvalue weighted by molar-refractivity contribution is 5.87. The number of fused-ring (bicyclic) bond motifs is 1. The van der Waals surface area contributed by atoms with Crippen LogP contribution in [0.3, 0.4) is 0 Å². The molecule has 6 rings (SSSR count). The van der Waals surface area contributed by atoms with Gasteiger partial charge in [0.1, 0.15) is 17.3 Å². The van der Waals surface area contributed by atoms with Crippen molar-refractivity contribution in [3.8, 4) is 11.5 Å². The first-order valence-corrected chi connectivity index (χ1v) is 13.5. The van der Waals surface area contributed by atoms with Gasteiger partial charge in [-0.1, -0.05) is 78.9 Å². The molecule has 0 aliphatic carbocycles. The summed E-state index contributed by atoms with van der Waals surface area (Å²) in [6, 6.07) is 40.3. The number of benzene rings is 4. The van der Waals surface area contributed by atoms with Crippen molar-refractivity contribution in [2.45, 2.75) is 25.4 Å². The van der Waals surface area contributed by atoms with Crippen molar-refractivity contribution in [2.75, 3.05) is 0 Å². The molecule has 4 aromatic carbocycles. The third-order valence-electron chi connectivity index (χ3n) is 7.06. The second-order valence-electron chi connectivity index (χ2n) is 9.82. The number of nitrogens with one attached hydrogen (secondary N) is 1. The summed E-state index contributed by atoms with van der Waals surface area (Å²) < 4.78 is 13.8. The number of ether oxygens (including phenoxy) is 1. The van der Waals surface area contributed by atoms with Gasteiger partial charge in [-0.3, -0.25) is 4.79 Å². The average Bonchev–Trinajstić information content (AvgIpc) is 3.65. The molecule has 6 aromatic rings. The van der Waals surface area contributed by atoms with Gasteiger partial charge in [-0.2, -0.15) is 0 Å². The number of carbonyl (C=O) groups is 1. The SMILES string of the molecule is O=C(C[C@H](c1cccc(Oc2ccccc2)c1)c1cn(Cc2ccccc2)c2ccccc12)NCc1ccco1. The maximum absolute atomic E-state index is 13.3. The Morgan fingerprint density at radius 1 is 0.800 bits per heavy atom. The smallest absolute Gasteiger partial charge is 0.221 e. The Kier molecular flexibility index (Phi) is 7.44. The summed E-state index contributed by atoms with van der Waals surface area (Å²) in [5.41, 5.74) is 4.49. The van der Waals surface area contributed by atoms with Crippen LogP contribution in [0.1, 0.15) is 34.8 Å². The standard InChI is InChI=1S/C35H30N2O3/c38-35(36-23-30-17-10-20-39-30)22-32(27-13-9-16-29(21-27)40-28-14-5-2-6-15-28)33-25-37(24-26-11-3-1-4-12-26)34-19-8-7-18-31(33)34/h1-21,25,32H,22-24H2,(H,36,38)/t32-/m1/s1. The molecule has 0 saturated heterocycles. The maximum atomic E-state index is 13.3. The summed E-state index contributed by atoms with van der Waals surface area (Å²) in [7, 11) is 0. The Morgan fingerprint density at radius 3 is 2.35 bits per heavy atom. The minimum absolute atomic E-state index is 0.0457. The molecule has 0 radical (unpaired) electrons. The molecule has 5 nitrogen and oxygen atoms in total. The lowest BCUT2D eigenvalue weighted by Crippen LogP contribution is -2.24. The van der Waals surface area contributed by atoms with E-state index in [1.54, 1.807) is 6.26 Å². The van der Waals surface area contributed by atoms with E-state index in [0.717, 1.165) is 45.8 Å². The molecule has 0 aliphatic heterocycles. The molecule has 198 valence electrons.